The third-order valence-electron chi connectivity index (χ3n) is 9.10. The molecule has 6 aromatic carbocycles. The predicted molar refractivity (Wildman–Crippen MR) is 185 cm³/mol. The van der Waals surface area contributed by atoms with Crippen LogP contribution in [0.25, 0.3) is 53.9 Å². The van der Waals surface area contributed by atoms with Gasteiger partial charge in [0.2, 0.25) is 5.89 Å². The van der Waals surface area contributed by atoms with Crippen molar-refractivity contribution in [3.63, 3.8) is 0 Å². The van der Waals surface area contributed by atoms with Crippen molar-refractivity contribution in [3.05, 3.63) is 145 Å². The zero-order valence-electron chi connectivity index (χ0n) is 24.4. The molecule has 0 radical (unpaired) electrons. The lowest BCUT2D eigenvalue weighted by Crippen LogP contribution is -2.16. The number of aromatic nitrogens is 1. The fourth-order valence-corrected chi connectivity index (χ4v) is 8.03. The second-order valence-electron chi connectivity index (χ2n) is 12.1. The normalized spacial score (nSPS) is 13.4. The van der Waals surface area contributed by atoms with Crippen molar-refractivity contribution in [2.75, 3.05) is 4.90 Å². The Morgan fingerprint density at radius 1 is 0.591 bits per heavy atom. The first-order chi connectivity index (χ1) is 21.5. The van der Waals surface area contributed by atoms with Crippen LogP contribution in [0.5, 0.6) is 0 Å². The molecule has 0 saturated carbocycles. The van der Waals surface area contributed by atoms with Crippen LogP contribution in [-0.2, 0) is 5.41 Å². The number of benzene rings is 6. The molecule has 8 aromatic rings. The van der Waals surface area contributed by atoms with Crippen LogP contribution in [0.4, 0.5) is 17.1 Å². The highest BCUT2D eigenvalue weighted by Crippen LogP contribution is 2.51. The van der Waals surface area contributed by atoms with Crippen molar-refractivity contribution in [2.24, 2.45) is 0 Å². The van der Waals surface area contributed by atoms with E-state index in [9.17, 15) is 0 Å². The van der Waals surface area contributed by atoms with E-state index in [1.54, 1.807) is 0 Å². The van der Waals surface area contributed by atoms with E-state index >= 15 is 0 Å². The molecule has 0 amide bonds. The van der Waals surface area contributed by atoms with Gasteiger partial charge in [-0.15, -0.1) is 11.3 Å². The lowest BCUT2D eigenvalue weighted by molar-refractivity contribution is 0.620. The van der Waals surface area contributed by atoms with E-state index in [0.717, 1.165) is 33.7 Å². The van der Waals surface area contributed by atoms with Gasteiger partial charge in [-0.25, -0.2) is 4.98 Å². The first-order valence-corrected chi connectivity index (χ1v) is 15.8. The molecule has 4 heteroatoms. The first-order valence-electron chi connectivity index (χ1n) is 15.0. The molecule has 3 nitrogen and oxygen atoms in total. The quantitative estimate of drug-likeness (QED) is 0.206. The lowest BCUT2D eigenvalue weighted by atomic mass is 9.82. The second-order valence-corrected chi connectivity index (χ2v) is 13.1. The summed E-state index contributed by atoms with van der Waals surface area (Å²) in [7, 11) is 0. The highest BCUT2D eigenvalue weighted by atomic mass is 32.1. The minimum absolute atomic E-state index is 0.0947. The van der Waals surface area contributed by atoms with Gasteiger partial charge >= 0.3 is 0 Å². The van der Waals surface area contributed by atoms with E-state index in [-0.39, 0.29) is 5.41 Å². The number of nitrogens with zero attached hydrogens (tertiary/aromatic N) is 2. The van der Waals surface area contributed by atoms with E-state index in [1.165, 1.54) is 42.4 Å². The Hall–Kier alpha value is -5.19. The molecule has 0 N–H and O–H groups in total. The number of oxazole rings is 1. The fourth-order valence-electron chi connectivity index (χ4n) is 6.89. The molecule has 2 aromatic heterocycles. The summed E-state index contributed by atoms with van der Waals surface area (Å²) in [6.07, 6.45) is 0. The Balaban J connectivity index is 1.24. The van der Waals surface area contributed by atoms with Crippen LogP contribution < -0.4 is 4.90 Å². The van der Waals surface area contributed by atoms with E-state index in [0.29, 0.717) is 5.89 Å². The first kappa shape index (κ1) is 25.3. The Morgan fingerprint density at radius 2 is 1.27 bits per heavy atom. The number of hydrogen-bond acceptors (Lipinski definition) is 4. The Labute approximate surface area is 259 Å². The molecule has 9 rings (SSSR count). The molecule has 1 aliphatic rings. The van der Waals surface area contributed by atoms with Gasteiger partial charge in [-0.3, -0.25) is 0 Å². The van der Waals surface area contributed by atoms with Crippen LogP contribution in [-0.4, -0.2) is 4.98 Å². The predicted octanol–water partition coefficient (Wildman–Crippen LogP) is 11.6. The molecule has 2 heterocycles. The van der Waals surface area contributed by atoms with Crippen LogP contribution in [0.15, 0.2) is 138 Å². The summed E-state index contributed by atoms with van der Waals surface area (Å²) >= 11 is 1.84. The molecular formula is C40H28N2OS. The third kappa shape index (κ3) is 3.78. The molecule has 1 aliphatic carbocycles. The molecule has 0 unspecified atom stereocenters. The summed E-state index contributed by atoms with van der Waals surface area (Å²) in [6, 6.07) is 47.7. The van der Waals surface area contributed by atoms with Crippen LogP contribution >= 0.6 is 11.3 Å². The zero-order chi connectivity index (χ0) is 29.4. The van der Waals surface area contributed by atoms with Gasteiger partial charge in [0.05, 0.1) is 0 Å². The zero-order valence-corrected chi connectivity index (χ0v) is 25.2. The van der Waals surface area contributed by atoms with Crippen molar-refractivity contribution < 1.29 is 4.42 Å². The minimum atomic E-state index is -0.0947. The van der Waals surface area contributed by atoms with Gasteiger partial charge in [0.25, 0.3) is 0 Å². The molecule has 0 atom stereocenters. The second kappa shape index (κ2) is 9.40. The van der Waals surface area contributed by atoms with Crippen molar-refractivity contribution in [1.82, 2.24) is 4.98 Å². The summed E-state index contributed by atoms with van der Waals surface area (Å²) in [5, 5.41) is 2.59. The van der Waals surface area contributed by atoms with Crippen molar-refractivity contribution in [2.45, 2.75) is 19.3 Å². The topological polar surface area (TPSA) is 29.3 Å². The van der Waals surface area contributed by atoms with E-state index in [2.05, 4.69) is 122 Å². The third-order valence-corrected chi connectivity index (χ3v) is 10.2. The Morgan fingerprint density at radius 3 is 2.18 bits per heavy atom. The minimum Gasteiger partial charge on any atom is -0.436 e. The largest absolute Gasteiger partial charge is 0.436 e. The van der Waals surface area contributed by atoms with Gasteiger partial charge in [-0.1, -0.05) is 86.6 Å². The van der Waals surface area contributed by atoms with Gasteiger partial charge in [0.1, 0.15) is 5.52 Å². The summed E-state index contributed by atoms with van der Waals surface area (Å²) in [5.74, 6) is 0.632. The Bertz CT molecular complexity index is 2380. The number of thiophene rings is 1. The van der Waals surface area contributed by atoms with Crippen molar-refractivity contribution in [1.29, 1.82) is 0 Å². The highest BCUT2D eigenvalue weighted by Gasteiger charge is 2.35. The fraction of sp³-hybridized carbons (Fsp3) is 0.0750. The van der Waals surface area contributed by atoms with Crippen molar-refractivity contribution >= 4 is 59.7 Å². The smallest absolute Gasteiger partial charge is 0.227 e. The maximum Gasteiger partial charge on any atom is 0.227 e. The molecule has 210 valence electrons. The molecule has 0 fully saturated rings. The van der Waals surface area contributed by atoms with Gasteiger partial charge < -0.3 is 9.32 Å². The molecular weight excluding hydrogens is 557 g/mol. The number of hydrogen-bond donors (Lipinski definition) is 0. The average Bonchev–Trinajstić information content (AvgIpc) is 3.72. The van der Waals surface area contributed by atoms with Crippen LogP contribution in [0, 0.1) is 0 Å². The molecule has 44 heavy (non-hydrogen) atoms. The molecule has 0 aliphatic heterocycles. The molecule has 0 bridgehead atoms. The lowest BCUT2D eigenvalue weighted by Gasteiger charge is -2.28. The van der Waals surface area contributed by atoms with E-state index in [4.69, 9.17) is 9.40 Å². The van der Waals surface area contributed by atoms with Gasteiger partial charge in [-0.2, -0.15) is 0 Å². The Kier molecular flexibility index (Phi) is 5.41. The van der Waals surface area contributed by atoms with Crippen LogP contribution in [0.3, 0.4) is 0 Å². The SMILES string of the molecule is CC1(C)c2ccccc2-c2ccc(N(c3ccc4nc(-c5ccccc5)oc4c3)c3ccc4c(c3)sc3ccccc34)cc21. The number of rotatable bonds is 4. The average molecular weight is 585 g/mol. The standard InChI is InChI=1S/C40H28N2OS/c1-40(2)33-14-8-6-12-29(33)30-19-16-26(22-34(30)40)42(28-17-20-32-31-13-7-9-15-37(31)44-38(32)24-28)27-18-21-35-36(23-27)43-39(41-35)25-10-4-3-5-11-25/h3-24H,1-2H3. The highest BCUT2D eigenvalue weighted by molar-refractivity contribution is 7.25. The summed E-state index contributed by atoms with van der Waals surface area (Å²) in [5.41, 5.74) is 11.1. The van der Waals surface area contributed by atoms with Gasteiger partial charge in [0.15, 0.2) is 5.58 Å². The monoisotopic (exact) mass is 584 g/mol. The molecule has 0 saturated heterocycles. The summed E-state index contributed by atoms with van der Waals surface area (Å²) in [6.45, 7) is 4.67. The van der Waals surface area contributed by atoms with Gasteiger partial charge in [-0.05, 0) is 76.9 Å². The van der Waals surface area contributed by atoms with Gasteiger partial charge in [0, 0.05) is 54.3 Å². The van der Waals surface area contributed by atoms with Crippen molar-refractivity contribution in [3.8, 4) is 22.6 Å². The number of fused-ring (bicyclic) bond motifs is 7. The van der Waals surface area contributed by atoms with E-state index in [1.807, 2.05) is 41.7 Å². The molecule has 0 spiro atoms. The summed E-state index contributed by atoms with van der Waals surface area (Å²) < 4.78 is 8.92. The van der Waals surface area contributed by atoms with Crippen LogP contribution in [0.2, 0.25) is 0 Å². The number of anilines is 3. The van der Waals surface area contributed by atoms with E-state index < -0.39 is 0 Å². The maximum absolute atomic E-state index is 6.34. The summed E-state index contributed by atoms with van der Waals surface area (Å²) in [4.78, 5) is 7.15. The van der Waals surface area contributed by atoms with Crippen LogP contribution in [0.1, 0.15) is 25.0 Å². The maximum atomic E-state index is 6.34.